The van der Waals surface area contributed by atoms with Crippen molar-refractivity contribution in [3.05, 3.63) is 36.0 Å². The lowest BCUT2D eigenvalue weighted by atomic mass is 10.0. The summed E-state index contributed by atoms with van der Waals surface area (Å²) in [7, 11) is 0. The number of benzene rings is 1. The number of terminal acetylenes is 1. The fraction of sp³-hybridized carbons (Fsp3) is 0.368. The van der Waals surface area contributed by atoms with Gasteiger partial charge in [-0.05, 0) is 31.9 Å². The third kappa shape index (κ3) is 3.66. The number of carbonyl (C=O) groups is 1. The van der Waals surface area contributed by atoms with E-state index in [1.54, 1.807) is 0 Å². The predicted molar refractivity (Wildman–Crippen MR) is 99.0 cm³/mol. The van der Waals surface area contributed by atoms with Crippen LogP contribution in [0, 0.1) is 19.3 Å². The summed E-state index contributed by atoms with van der Waals surface area (Å²) in [5, 5.41) is 3.64. The zero-order chi connectivity index (χ0) is 16.9. The average Bonchev–Trinajstić information content (AvgIpc) is 2.96. The Morgan fingerprint density at radius 3 is 2.96 bits per heavy atom. The number of carbonyl (C=O) groups excluding carboxylic acids is 1. The van der Waals surface area contributed by atoms with E-state index in [2.05, 4.69) is 33.3 Å². The maximum Gasteiger partial charge on any atom is 0.243 e. The lowest BCUT2D eigenvalue weighted by Gasteiger charge is -2.32. The zero-order valence-electron chi connectivity index (χ0n) is 13.8. The Hall–Kier alpha value is -2.16. The molecule has 0 aliphatic carbocycles. The molecule has 1 fully saturated rings. The fourth-order valence-electron chi connectivity index (χ4n) is 3.09. The van der Waals surface area contributed by atoms with Crippen molar-refractivity contribution in [1.82, 2.24) is 9.88 Å². The van der Waals surface area contributed by atoms with E-state index in [4.69, 9.17) is 6.42 Å². The molecule has 1 aromatic carbocycles. The molecule has 1 N–H and O–H groups in total. The number of aryl methyl sites for hydroxylation is 1. The van der Waals surface area contributed by atoms with Crippen LogP contribution in [0.2, 0.25) is 0 Å². The standard InChI is InChI=1S/C19H21N3OS/c1-3-12-22-13-8-7-11-16(22)18(23)21-19-20-14(2)17(24-19)15-9-5-4-6-10-15/h1,4-6,9-10,16H,7-8,11-13H2,2H3,(H,20,21,23). The smallest absolute Gasteiger partial charge is 0.243 e. The van der Waals surface area contributed by atoms with Gasteiger partial charge in [-0.15, -0.1) is 6.42 Å². The number of thiazole rings is 1. The Morgan fingerprint density at radius 2 is 2.21 bits per heavy atom. The van der Waals surface area contributed by atoms with Crippen molar-refractivity contribution in [2.45, 2.75) is 32.2 Å². The van der Waals surface area contributed by atoms with Gasteiger partial charge >= 0.3 is 0 Å². The topological polar surface area (TPSA) is 45.2 Å². The Balaban J connectivity index is 1.74. The molecule has 1 saturated heterocycles. The van der Waals surface area contributed by atoms with Crippen LogP contribution in [-0.2, 0) is 4.79 Å². The second-order valence-corrected chi connectivity index (χ2v) is 6.97. The highest BCUT2D eigenvalue weighted by atomic mass is 32.1. The Kier molecular flexibility index (Phi) is 5.29. The Labute approximate surface area is 146 Å². The summed E-state index contributed by atoms with van der Waals surface area (Å²) >= 11 is 1.52. The molecule has 2 aromatic rings. The minimum atomic E-state index is -0.154. The number of anilines is 1. The summed E-state index contributed by atoms with van der Waals surface area (Å²) in [6.07, 6.45) is 8.44. The highest BCUT2D eigenvalue weighted by molar-refractivity contribution is 7.19. The number of likely N-dealkylation sites (tertiary alicyclic amines) is 1. The minimum Gasteiger partial charge on any atom is -0.301 e. The van der Waals surface area contributed by atoms with Gasteiger partial charge in [0.15, 0.2) is 5.13 Å². The molecule has 24 heavy (non-hydrogen) atoms. The number of piperidine rings is 1. The number of nitrogens with one attached hydrogen (secondary N) is 1. The van der Waals surface area contributed by atoms with Crippen LogP contribution in [0.25, 0.3) is 10.4 Å². The van der Waals surface area contributed by atoms with Gasteiger partial charge in [-0.1, -0.05) is 54.0 Å². The van der Waals surface area contributed by atoms with Crippen LogP contribution in [0.5, 0.6) is 0 Å². The van der Waals surface area contributed by atoms with Crippen LogP contribution < -0.4 is 5.32 Å². The molecule has 3 rings (SSSR count). The third-order valence-corrected chi connectivity index (χ3v) is 5.40. The van der Waals surface area contributed by atoms with Crippen molar-refractivity contribution in [1.29, 1.82) is 0 Å². The maximum absolute atomic E-state index is 12.7. The first-order chi connectivity index (χ1) is 11.7. The molecule has 1 aromatic heterocycles. The molecule has 0 saturated carbocycles. The molecule has 5 heteroatoms. The van der Waals surface area contributed by atoms with Gasteiger partial charge in [-0.2, -0.15) is 0 Å². The van der Waals surface area contributed by atoms with Gasteiger partial charge < -0.3 is 5.32 Å². The first-order valence-electron chi connectivity index (χ1n) is 8.20. The molecular formula is C19H21N3OS. The monoisotopic (exact) mass is 339 g/mol. The van der Waals surface area contributed by atoms with E-state index < -0.39 is 0 Å². The maximum atomic E-state index is 12.7. The molecule has 1 aliphatic heterocycles. The van der Waals surface area contributed by atoms with E-state index in [1.807, 2.05) is 25.1 Å². The summed E-state index contributed by atoms with van der Waals surface area (Å²) in [6.45, 7) is 3.37. The minimum absolute atomic E-state index is 0.00156. The largest absolute Gasteiger partial charge is 0.301 e. The van der Waals surface area contributed by atoms with Gasteiger partial charge in [0.1, 0.15) is 0 Å². The Morgan fingerprint density at radius 1 is 1.42 bits per heavy atom. The third-order valence-electron chi connectivity index (χ3n) is 4.27. The molecule has 0 spiro atoms. The lowest BCUT2D eigenvalue weighted by Crippen LogP contribution is -2.47. The quantitative estimate of drug-likeness (QED) is 0.867. The molecule has 1 aliphatic rings. The van der Waals surface area contributed by atoms with Gasteiger partial charge in [-0.3, -0.25) is 9.69 Å². The number of hydrogen-bond donors (Lipinski definition) is 1. The van der Waals surface area contributed by atoms with Gasteiger partial charge in [0, 0.05) is 0 Å². The molecule has 0 radical (unpaired) electrons. The molecule has 0 bridgehead atoms. The zero-order valence-corrected chi connectivity index (χ0v) is 14.6. The van der Waals surface area contributed by atoms with E-state index in [1.165, 1.54) is 11.3 Å². The number of hydrogen-bond acceptors (Lipinski definition) is 4. The highest BCUT2D eigenvalue weighted by Crippen LogP contribution is 2.32. The molecule has 1 amide bonds. The molecule has 2 heterocycles. The summed E-state index contributed by atoms with van der Waals surface area (Å²) in [5.41, 5.74) is 2.06. The first-order valence-corrected chi connectivity index (χ1v) is 9.02. The van der Waals surface area contributed by atoms with E-state index in [9.17, 15) is 4.79 Å². The fourth-order valence-corrected chi connectivity index (χ4v) is 4.07. The van der Waals surface area contributed by atoms with Crippen LogP contribution in [0.4, 0.5) is 5.13 Å². The lowest BCUT2D eigenvalue weighted by molar-refractivity contribution is -0.122. The average molecular weight is 339 g/mol. The van der Waals surface area contributed by atoms with Crippen LogP contribution in [0.15, 0.2) is 30.3 Å². The number of nitrogens with zero attached hydrogens (tertiary/aromatic N) is 2. The molecule has 124 valence electrons. The Bertz CT molecular complexity index is 748. The van der Waals surface area contributed by atoms with E-state index >= 15 is 0 Å². The van der Waals surface area contributed by atoms with Crippen molar-refractivity contribution in [3.8, 4) is 22.8 Å². The van der Waals surface area contributed by atoms with Gasteiger partial charge in [-0.25, -0.2) is 4.98 Å². The van der Waals surface area contributed by atoms with Gasteiger partial charge in [0.2, 0.25) is 5.91 Å². The van der Waals surface area contributed by atoms with Crippen molar-refractivity contribution in [3.63, 3.8) is 0 Å². The number of aromatic nitrogens is 1. The normalized spacial score (nSPS) is 18.1. The summed E-state index contributed by atoms with van der Waals surface area (Å²) in [5.74, 6) is 2.65. The highest BCUT2D eigenvalue weighted by Gasteiger charge is 2.28. The van der Waals surface area contributed by atoms with E-state index in [0.29, 0.717) is 11.7 Å². The van der Waals surface area contributed by atoms with Crippen molar-refractivity contribution in [2.75, 3.05) is 18.4 Å². The second-order valence-electron chi connectivity index (χ2n) is 5.98. The molecule has 1 atom stereocenters. The first kappa shape index (κ1) is 16.7. The summed E-state index contributed by atoms with van der Waals surface area (Å²) in [6, 6.07) is 9.97. The summed E-state index contributed by atoms with van der Waals surface area (Å²) in [4.78, 5) is 20.3. The second kappa shape index (κ2) is 7.61. The predicted octanol–water partition coefficient (Wildman–Crippen LogP) is 3.54. The van der Waals surface area contributed by atoms with Crippen LogP contribution in [-0.4, -0.2) is 34.9 Å². The number of rotatable bonds is 4. The SMILES string of the molecule is C#CCN1CCCCC1C(=O)Nc1nc(C)c(-c2ccccc2)s1. The van der Waals surface area contributed by atoms with Crippen molar-refractivity contribution in [2.24, 2.45) is 0 Å². The van der Waals surface area contributed by atoms with Crippen molar-refractivity contribution >= 4 is 22.4 Å². The molecule has 1 unspecified atom stereocenters. The van der Waals surface area contributed by atoms with Gasteiger partial charge in [0.25, 0.3) is 0 Å². The van der Waals surface area contributed by atoms with E-state index in [-0.39, 0.29) is 11.9 Å². The van der Waals surface area contributed by atoms with Gasteiger partial charge in [0.05, 0.1) is 23.2 Å². The molecular weight excluding hydrogens is 318 g/mol. The summed E-state index contributed by atoms with van der Waals surface area (Å²) < 4.78 is 0. The van der Waals surface area contributed by atoms with Crippen LogP contribution in [0.3, 0.4) is 0 Å². The van der Waals surface area contributed by atoms with E-state index in [0.717, 1.165) is 41.9 Å². The molecule has 4 nitrogen and oxygen atoms in total. The van der Waals surface area contributed by atoms with Crippen molar-refractivity contribution < 1.29 is 4.79 Å². The van der Waals surface area contributed by atoms with Crippen LogP contribution >= 0.6 is 11.3 Å². The number of amides is 1. The van der Waals surface area contributed by atoms with Crippen LogP contribution in [0.1, 0.15) is 25.0 Å².